The summed E-state index contributed by atoms with van der Waals surface area (Å²) in [5.74, 6) is 0.0323. The molecule has 11 nitrogen and oxygen atoms in total. The number of aliphatic hydroxyl groups is 1. The van der Waals surface area contributed by atoms with E-state index in [0.717, 1.165) is 12.1 Å². The number of nitrogens with one attached hydrogen (secondary N) is 3. The first-order valence-electron chi connectivity index (χ1n) is 9.14. The summed E-state index contributed by atoms with van der Waals surface area (Å²) in [5.41, 5.74) is 7.10. The summed E-state index contributed by atoms with van der Waals surface area (Å²) < 4.78 is 0. The Balaban J connectivity index is 1.57. The van der Waals surface area contributed by atoms with Gasteiger partial charge in [-0.1, -0.05) is 6.07 Å². The van der Waals surface area contributed by atoms with Crippen LogP contribution in [-0.2, 0) is 0 Å². The zero-order chi connectivity index (χ0) is 20.2. The van der Waals surface area contributed by atoms with Crippen molar-refractivity contribution in [3.63, 3.8) is 0 Å². The summed E-state index contributed by atoms with van der Waals surface area (Å²) in [5, 5.41) is 27.0. The molecule has 2 atom stereocenters. The van der Waals surface area contributed by atoms with Crippen molar-refractivity contribution in [2.45, 2.75) is 18.5 Å². The number of nitrogens with zero attached hydrogens (tertiary/aromatic N) is 5. The summed E-state index contributed by atoms with van der Waals surface area (Å²) in [6.07, 6.45) is 5.32. The molecular weight excluding hydrogens is 374 g/mol. The fourth-order valence-electron chi connectivity index (χ4n) is 3.17. The standard InChI is InChI=1S/C18H21N9O2/c19-16(29)15-9-21-18(25-12-6-13(10-28)20-8-12)26-17(15)24-11-2-1-3-14(7-11)27-22-4-5-23-27/h1-5,7,9,12-13,20,28H,6,8,10H2,(H2,19,29)(H2,21,24,25,26)/t12-,13+/m1/s1. The van der Waals surface area contributed by atoms with Crippen LogP contribution in [0.2, 0.25) is 0 Å². The highest BCUT2D eigenvalue weighted by atomic mass is 16.3. The predicted molar refractivity (Wildman–Crippen MR) is 106 cm³/mol. The molecule has 6 N–H and O–H groups in total. The normalized spacial score (nSPS) is 18.5. The maximum atomic E-state index is 11.8. The molecule has 0 radical (unpaired) electrons. The Morgan fingerprint density at radius 3 is 2.90 bits per heavy atom. The average Bonchev–Trinajstić information content (AvgIpc) is 3.40. The molecule has 3 aromatic rings. The number of benzene rings is 1. The first-order valence-corrected chi connectivity index (χ1v) is 9.14. The number of carbonyl (C=O) groups is 1. The number of rotatable bonds is 7. The van der Waals surface area contributed by atoms with Crippen LogP contribution in [0.1, 0.15) is 16.8 Å². The number of amides is 1. The molecule has 0 spiro atoms. The van der Waals surface area contributed by atoms with Crippen LogP contribution < -0.4 is 21.7 Å². The highest BCUT2D eigenvalue weighted by Crippen LogP contribution is 2.22. The summed E-state index contributed by atoms with van der Waals surface area (Å²) in [4.78, 5) is 21.9. The van der Waals surface area contributed by atoms with E-state index in [1.807, 2.05) is 24.3 Å². The van der Waals surface area contributed by atoms with Gasteiger partial charge >= 0.3 is 0 Å². The number of hydrogen-bond acceptors (Lipinski definition) is 9. The second kappa shape index (κ2) is 8.20. The fourth-order valence-corrected chi connectivity index (χ4v) is 3.17. The number of carbonyl (C=O) groups excluding carboxylic acids is 1. The van der Waals surface area contributed by atoms with Gasteiger partial charge in [0.1, 0.15) is 11.4 Å². The number of aromatic nitrogens is 5. The van der Waals surface area contributed by atoms with E-state index in [-0.39, 0.29) is 24.3 Å². The molecule has 1 fully saturated rings. The van der Waals surface area contributed by atoms with Crippen molar-refractivity contribution < 1.29 is 9.90 Å². The van der Waals surface area contributed by atoms with E-state index < -0.39 is 5.91 Å². The Kier molecular flexibility index (Phi) is 5.31. The zero-order valence-electron chi connectivity index (χ0n) is 15.5. The SMILES string of the molecule is NC(=O)c1cnc(N[C@H]2CN[C@H](CO)C2)nc1Nc1cccc(-n2nccn2)c1. The molecule has 1 amide bonds. The van der Waals surface area contributed by atoms with Crippen molar-refractivity contribution >= 4 is 23.4 Å². The second-order valence-electron chi connectivity index (χ2n) is 6.68. The van der Waals surface area contributed by atoms with Gasteiger partial charge in [-0.2, -0.15) is 20.0 Å². The first kappa shape index (κ1) is 18.8. The number of primary amides is 1. The van der Waals surface area contributed by atoms with Gasteiger partial charge in [-0.05, 0) is 24.6 Å². The summed E-state index contributed by atoms with van der Waals surface area (Å²) in [6.45, 7) is 0.766. The minimum atomic E-state index is -0.633. The lowest BCUT2D eigenvalue weighted by Crippen LogP contribution is -2.25. The minimum Gasteiger partial charge on any atom is -0.395 e. The number of aliphatic hydroxyl groups excluding tert-OH is 1. The molecule has 0 saturated carbocycles. The van der Waals surface area contributed by atoms with E-state index in [4.69, 9.17) is 5.73 Å². The summed E-state index contributed by atoms with van der Waals surface area (Å²) in [6, 6.07) is 7.48. The van der Waals surface area contributed by atoms with Crippen LogP contribution in [0.3, 0.4) is 0 Å². The first-order chi connectivity index (χ1) is 14.1. The van der Waals surface area contributed by atoms with Gasteiger partial charge in [0.15, 0.2) is 0 Å². The Hall–Kier alpha value is -3.57. The highest BCUT2D eigenvalue weighted by Gasteiger charge is 2.24. The summed E-state index contributed by atoms with van der Waals surface area (Å²) >= 11 is 0. The van der Waals surface area contributed by atoms with Gasteiger partial charge in [-0.15, -0.1) is 0 Å². The molecule has 29 heavy (non-hydrogen) atoms. The third-order valence-corrected chi connectivity index (χ3v) is 4.59. The van der Waals surface area contributed by atoms with Gasteiger partial charge in [-0.3, -0.25) is 4.79 Å². The zero-order valence-corrected chi connectivity index (χ0v) is 15.5. The van der Waals surface area contributed by atoms with E-state index >= 15 is 0 Å². The van der Waals surface area contributed by atoms with Crippen molar-refractivity contribution in [3.05, 3.63) is 48.4 Å². The van der Waals surface area contributed by atoms with Gasteiger partial charge in [0.2, 0.25) is 5.95 Å². The molecule has 4 rings (SSSR count). The molecule has 150 valence electrons. The van der Waals surface area contributed by atoms with Crippen molar-refractivity contribution in [1.82, 2.24) is 30.3 Å². The topological polar surface area (TPSA) is 156 Å². The fraction of sp³-hybridized carbons (Fsp3) is 0.278. The van der Waals surface area contributed by atoms with Crippen LogP contribution >= 0.6 is 0 Å². The molecular formula is C18H21N9O2. The molecule has 1 saturated heterocycles. The quantitative estimate of drug-likeness (QED) is 0.372. The third kappa shape index (κ3) is 4.31. The maximum Gasteiger partial charge on any atom is 0.254 e. The van der Waals surface area contributed by atoms with Crippen molar-refractivity contribution in [1.29, 1.82) is 0 Å². The van der Waals surface area contributed by atoms with Crippen LogP contribution in [0.25, 0.3) is 5.69 Å². The molecule has 1 aliphatic heterocycles. The van der Waals surface area contributed by atoms with Crippen LogP contribution in [-0.4, -0.2) is 61.2 Å². The molecule has 0 unspecified atom stereocenters. The van der Waals surface area contributed by atoms with Gasteiger partial charge in [-0.25, -0.2) is 4.98 Å². The van der Waals surface area contributed by atoms with E-state index in [2.05, 4.69) is 36.1 Å². The predicted octanol–water partition coefficient (Wildman–Crippen LogP) is 0.0345. The molecule has 0 bridgehead atoms. The van der Waals surface area contributed by atoms with E-state index in [9.17, 15) is 9.90 Å². The van der Waals surface area contributed by atoms with Crippen LogP contribution in [0, 0.1) is 0 Å². The molecule has 3 heterocycles. The minimum absolute atomic E-state index is 0.0497. The van der Waals surface area contributed by atoms with Gasteiger partial charge in [0, 0.05) is 30.5 Å². The van der Waals surface area contributed by atoms with E-state index in [1.165, 1.54) is 11.0 Å². The van der Waals surface area contributed by atoms with E-state index in [0.29, 0.717) is 24.0 Å². The second-order valence-corrected chi connectivity index (χ2v) is 6.68. The lowest BCUT2D eigenvalue weighted by Gasteiger charge is -2.15. The van der Waals surface area contributed by atoms with Crippen LogP contribution in [0.4, 0.5) is 17.5 Å². The van der Waals surface area contributed by atoms with Crippen molar-refractivity contribution in [2.24, 2.45) is 5.73 Å². The van der Waals surface area contributed by atoms with Gasteiger partial charge < -0.3 is 26.8 Å². The van der Waals surface area contributed by atoms with Crippen LogP contribution in [0.5, 0.6) is 0 Å². The molecule has 1 aromatic carbocycles. The Bertz CT molecular complexity index is 993. The Labute approximate surface area is 166 Å². The smallest absolute Gasteiger partial charge is 0.254 e. The highest BCUT2D eigenvalue weighted by molar-refractivity contribution is 5.98. The summed E-state index contributed by atoms with van der Waals surface area (Å²) in [7, 11) is 0. The largest absolute Gasteiger partial charge is 0.395 e. The van der Waals surface area contributed by atoms with Gasteiger partial charge in [0.05, 0.1) is 24.7 Å². The number of nitrogens with two attached hydrogens (primary N) is 1. The van der Waals surface area contributed by atoms with Gasteiger partial charge in [0.25, 0.3) is 5.91 Å². The van der Waals surface area contributed by atoms with Crippen molar-refractivity contribution in [2.75, 3.05) is 23.8 Å². The molecule has 2 aromatic heterocycles. The van der Waals surface area contributed by atoms with E-state index in [1.54, 1.807) is 12.4 Å². The lowest BCUT2D eigenvalue weighted by atomic mass is 10.2. The number of anilines is 3. The number of hydrogen-bond donors (Lipinski definition) is 5. The van der Waals surface area contributed by atoms with Crippen molar-refractivity contribution in [3.8, 4) is 5.69 Å². The lowest BCUT2D eigenvalue weighted by molar-refractivity contribution is 0.100. The van der Waals surface area contributed by atoms with Crippen LogP contribution in [0.15, 0.2) is 42.9 Å². The third-order valence-electron chi connectivity index (χ3n) is 4.59. The molecule has 1 aliphatic rings. The maximum absolute atomic E-state index is 11.8. The average molecular weight is 395 g/mol. The molecule has 0 aliphatic carbocycles. The molecule has 11 heteroatoms. The monoisotopic (exact) mass is 395 g/mol. The Morgan fingerprint density at radius 2 is 2.17 bits per heavy atom. The Morgan fingerprint density at radius 1 is 1.34 bits per heavy atom.